The molecule has 1 aliphatic heterocycles. The van der Waals surface area contributed by atoms with Crippen LogP contribution in [0.15, 0.2) is 23.2 Å². The number of nitrogens with zero attached hydrogens (tertiary/aromatic N) is 2. The molecule has 0 aromatic heterocycles. The summed E-state index contributed by atoms with van der Waals surface area (Å²) in [4.78, 5) is 6.97. The van der Waals surface area contributed by atoms with E-state index in [1.54, 1.807) is 7.11 Å². The number of aryl methyl sites for hydroxylation is 1. The number of methoxy groups -OCH3 is 1. The number of aliphatic imine (C=N–C) groups is 1. The van der Waals surface area contributed by atoms with Crippen molar-refractivity contribution in [2.24, 2.45) is 4.99 Å². The molecule has 2 rings (SSSR count). The molecule has 1 heterocycles. The van der Waals surface area contributed by atoms with Crippen LogP contribution in [0.5, 0.6) is 5.75 Å². The Hall–Kier alpha value is -1.35. The summed E-state index contributed by atoms with van der Waals surface area (Å²) in [5.74, 6) is 0.850. The molecule has 1 aromatic rings. The van der Waals surface area contributed by atoms with Crippen LogP contribution < -0.4 is 4.74 Å². The van der Waals surface area contributed by atoms with Crippen LogP contribution in [0, 0.1) is 6.92 Å². The minimum absolute atomic E-state index is 0.850. The summed E-state index contributed by atoms with van der Waals surface area (Å²) in [6.07, 6.45) is 4.64. The van der Waals surface area contributed by atoms with Gasteiger partial charge in [0, 0.05) is 12.8 Å². The molecule has 3 nitrogen and oxygen atoms in total. The fourth-order valence-corrected chi connectivity index (χ4v) is 2.17. The van der Waals surface area contributed by atoms with Gasteiger partial charge < -0.3 is 4.74 Å². The number of rotatable bonds is 4. The van der Waals surface area contributed by atoms with Gasteiger partial charge in [-0.15, -0.1) is 0 Å². The molecule has 0 atom stereocenters. The van der Waals surface area contributed by atoms with Crippen molar-refractivity contribution in [3.8, 4) is 5.75 Å². The Labute approximate surface area is 103 Å². The number of para-hydroxylation sites is 1. The molecule has 0 spiro atoms. The Morgan fingerprint density at radius 1 is 1.35 bits per heavy atom. The van der Waals surface area contributed by atoms with E-state index in [0.29, 0.717) is 0 Å². The summed E-state index contributed by atoms with van der Waals surface area (Å²) < 4.78 is 5.32. The lowest BCUT2D eigenvalue weighted by Crippen LogP contribution is -2.21. The van der Waals surface area contributed by atoms with Crippen molar-refractivity contribution in [2.45, 2.75) is 19.8 Å². The van der Waals surface area contributed by atoms with E-state index in [0.717, 1.165) is 23.5 Å². The smallest absolute Gasteiger partial charge is 0.144 e. The molecule has 0 aliphatic carbocycles. The molecule has 1 aromatic carbocycles. The third-order valence-corrected chi connectivity index (χ3v) is 3.18. The van der Waals surface area contributed by atoms with Crippen LogP contribution in [0.25, 0.3) is 0 Å². The van der Waals surface area contributed by atoms with Gasteiger partial charge in [-0.25, -0.2) is 0 Å². The largest absolute Gasteiger partial charge is 0.494 e. The first-order valence-electron chi connectivity index (χ1n) is 6.20. The van der Waals surface area contributed by atoms with Crippen molar-refractivity contribution in [3.63, 3.8) is 0 Å². The molecular weight excluding hydrogens is 212 g/mol. The summed E-state index contributed by atoms with van der Waals surface area (Å²) >= 11 is 0. The molecule has 0 unspecified atom stereocenters. The van der Waals surface area contributed by atoms with Gasteiger partial charge in [0.15, 0.2) is 0 Å². The van der Waals surface area contributed by atoms with Crippen molar-refractivity contribution in [1.29, 1.82) is 0 Å². The third kappa shape index (κ3) is 3.07. The Morgan fingerprint density at radius 2 is 2.12 bits per heavy atom. The summed E-state index contributed by atoms with van der Waals surface area (Å²) in [6.45, 7) is 5.41. The number of likely N-dealkylation sites (tertiary alicyclic amines) is 1. The van der Waals surface area contributed by atoms with Gasteiger partial charge in [-0.2, -0.15) is 0 Å². The average molecular weight is 232 g/mol. The van der Waals surface area contributed by atoms with E-state index in [1.807, 2.05) is 18.3 Å². The van der Waals surface area contributed by atoms with Gasteiger partial charge in [-0.3, -0.25) is 9.89 Å². The van der Waals surface area contributed by atoms with Crippen molar-refractivity contribution < 1.29 is 4.74 Å². The molecule has 0 amide bonds. The lowest BCUT2D eigenvalue weighted by molar-refractivity contribution is 0.391. The molecule has 0 N–H and O–H groups in total. The van der Waals surface area contributed by atoms with Crippen LogP contribution in [0.1, 0.15) is 18.4 Å². The monoisotopic (exact) mass is 232 g/mol. The fraction of sp³-hybridized carbons (Fsp3) is 0.500. The standard InChI is InChI=1S/C14H20N2O/c1-12-6-5-7-13(17-2)14(12)15-8-11-16-9-3-4-10-16/h5-8H,3-4,9-11H2,1-2H3. The molecule has 0 radical (unpaired) electrons. The Kier molecular flexibility index (Phi) is 4.15. The zero-order valence-electron chi connectivity index (χ0n) is 10.6. The Bertz CT molecular complexity index is 395. The SMILES string of the molecule is COc1cccc(C)c1N=CCN1CCCC1. The van der Waals surface area contributed by atoms with Crippen molar-refractivity contribution in [1.82, 2.24) is 4.90 Å². The highest BCUT2D eigenvalue weighted by Crippen LogP contribution is 2.30. The second-order valence-electron chi connectivity index (χ2n) is 4.45. The maximum atomic E-state index is 5.32. The highest BCUT2D eigenvalue weighted by Gasteiger charge is 2.09. The zero-order chi connectivity index (χ0) is 12.1. The quantitative estimate of drug-likeness (QED) is 0.746. The van der Waals surface area contributed by atoms with E-state index in [2.05, 4.69) is 22.9 Å². The fourth-order valence-electron chi connectivity index (χ4n) is 2.17. The molecule has 1 saturated heterocycles. The maximum absolute atomic E-state index is 5.32. The number of hydrogen-bond donors (Lipinski definition) is 0. The van der Waals surface area contributed by atoms with E-state index in [9.17, 15) is 0 Å². The number of ether oxygens (including phenoxy) is 1. The first kappa shape index (κ1) is 12.1. The zero-order valence-corrected chi connectivity index (χ0v) is 10.6. The van der Waals surface area contributed by atoms with Gasteiger partial charge >= 0.3 is 0 Å². The molecule has 3 heteroatoms. The molecule has 17 heavy (non-hydrogen) atoms. The average Bonchev–Trinajstić information content (AvgIpc) is 2.84. The van der Waals surface area contributed by atoms with E-state index < -0.39 is 0 Å². The lowest BCUT2D eigenvalue weighted by Gasteiger charge is -2.11. The van der Waals surface area contributed by atoms with Crippen LogP contribution in [-0.4, -0.2) is 37.9 Å². The first-order chi connectivity index (χ1) is 8.31. The normalized spacial score (nSPS) is 16.8. The second kappa shape index (κ2) is 5.82. The van der Waals surface area contributed by atoms with Crippen LogP contribution >= 0.6 is 0 Å². The third-order valence-electron chi connectivity index (χ3n) is 3.18. The maximum Gasteiger partial charge on any atom is 0.144 e. The number of benzene rings is 1. The second-order valence-corrected chi connectivity index (χ2v) is 4.45. The van der Waals surface area contributed by atoms with Crippen LogP contribution in [0.2, 0.25) is 0 Å². The van der Waals surface area contributed by atoms with Crippen LogP contribution in [0.3, 0.4) is 0 Å². The van der Waals surface area contributed by atoms with Gasteiger partial charge in [0.05, 0.1) is 7.11 Å². The first-order valence-corrected chi connectivity index (χ1v) is 6.20. The number of hydrogen-bond acceptors (Lipinski definition) is 3. The highest BCUT2D eigenvalue weighted by atomic mass is 16.5. The predicted octanol–water partition coefficient (Wildman–Crippen LogP) is 2.80. The molecule has 0 saturated carbocycles. The van der Waals surface area contributed by atoms with Gasteiger partial charge in [-0.1, -0.05) is 12.1 Å². The highest BCUT2D eigenvalue weighted by molar-refractivity contribution is 5.69. The minimum atomic E-state index is 0.850. The van der Waals surface area contributed by atoms with Gasteiger partial charge in [0.1, 0.15) is 11.4 Å². The molecule has 92 valence electrons. The molecular formula is C14H20N2O. The topological polar surface area (TPSA) is 24.8 Å². The molecule has 0 bridgehead atoms. The van der Waals surface area contributed by atoms with Crippen LogP contribution in [0.4, 0.5) is 5.69 Å². The minimum Gasteiger partial charge on any atom is -0.494 e. The van der Waals surface area contributed by atoms with E-state index in [4.69, 9.17) is 4.74 Å². The van der Waals surface area contributed by atoms with Crippen molar-refractivity contribution in [2.75, 3.05) is 26.7 Å². The summed E-state index contributed by atoms with van der Waals surface area (Å²) in [7, 11) is 1.69. The summed E-state index contributed by atoms with van der Waals surface area (Å²) in [5.41, 5.74) is 2.11. The Balaban J connectivity index is 2.03. The lowest BCUT2D eigenvalue weighted by atomic mass is 10.2. The van der Waals surface area contributed by atoms with Gasteiger partial charge in [-0.05, 0) is 44.5 Å². The van der Waals surface area contributed by atoms with Gasteiger partial charge in [0.25, 0.3) is 0 Å². The van der Waals surface area contributed by atoms with Crippen molar-refractivity contribution >= 4 is 11.9 Å². The van der Waals surface area contributed by atoms with Gasteiger partial charge in [0.2, 0.25) is 0 Å². The van der Waals surface area contributed by atoms with Crippen molar-refractivity contribution in [3.05, 3.63) is 23.8 Å². The van der Waals surface area contributed by atoms with Crippen LogP contribution in [-0.2, 0) is 0 Å². The summed E-state index contributed by atoms with van der Waals surface area (Å²) in [6, 6.07) is 6.01. The summed E-state index contributed by atoms with van der Waals surface area (Å²) in [5, 5.41) is 0. The predicted molar refractivity (Wildman–Crippen MR) is 71.6 cm³/mol. The van der Waals surface area contributed by atoms with E-state index in [1.165, 1.54) is 25.9 Å². The molecule has 1 fully saturated rings. The molecule has 1 aliphatic rings. The van der Waals surface area contributed by atoms with E-state index >= 15 is 0 Å². The van der Waals surface area contributed by atoms with E-state index in [-0.39, 0.29) is 0 Å². The Morgan fingerprint density at radius 3 is 2.82 bits per heavy atom.